The first-order valence-electron chi connectivity index (χ1n) is 9.35. The normalized spacial score (nSPS) is 19.7. The number of hydrogen-bond donors (Lipinski definition) is 0. The summed E-state index contributed by atoms with van der Waals surface area (Å²) in [5.74, 6) is 1.09. The molecule has 2 aromatic rings. The molecule has 2 aliphatic rings. The zero-order valence-corrected chi connectivity index (χ0v) is 16.0. The number of anilines is 1. The molecular weight excluding hydrogens is 346 g/mol. The molecule has 4 rings (SSSR count). The summed E-state index contributed by atoms with van der Waals surface area (Å²) < 4.78 is 4.29. The Bertz CT molecular complexity index is 735. The van der Waals surface area contributed by atoms with E-state index in [9.17, 15) is 4.79 Å². The molecule has 138 valence electrons. The smallest absolute Gasteiger partial charge is 0.244 e. The van der Waals surface area contributed by atoms with Gasteiger partial charge in [0.25, 0.3) is 0 Å². The van der Waals surface area contributed by atoms with E-state index in [0.717, 1.165) is 68.6 Å². The fourth-order valence-electron chi connectivity index (χ4n) is 3.84. The van der Waals surface area contributed by atoms with Crippen LogP contribution in [0.4, 0.5) is 5.13 Å². The van der Waals surface area contributed by atoms with Crippen molar-refractivity contribution in [3.63, 3.8) is 0 Å². The number of hydrogen-bond acceptors (Lipinski definition) is 6. The van der Waals surface area contributed by atoms with Gasteiger partial charge in [0.05, 0.1) is 0 Å². The quantitative estimate of drug-likeness (QED) is 0.826. The van der Waals surface area contributed by atoms with Gasteiger partial charge in [-0.2, -0.15) is 4.37 Å². The van der Waals surface area contributed by atoms with E-state index in [0.29, 0.717) is 0 Å². The van der Waals surface area contributed by atoms with Crippen LogP contribution in [0, 0.1) is 6.92 Å². The molecule has 1 unspecified atom stereocenters. The summed E-state index contributed by atoms with van der Waals surface area (Å²) in [7, 11) is 0. The van der Waals surface area contributed by atoms with Crippen LogP contribution in [0.25, 0.3) is 0 Å². The average Bonchev–Trinajstić information content (AvgIpc) is 3.35. The van der Waals surface area contributed by atoms with Gasteiger partial charge in [-0.05, 0) is 25.3 Å². The Morgan fingerprint density at radius 3 is 2.35 bits per heavy atom. The Labute approximate surface area is 158 Å². The van der Waals surface area contributed by atoms with Gasteiger partial charge in [-0.25, -0.2) is 4.98 Å². The Kier molecular flexibility index (Phi) is 5.17. The molecule has 3 heterocycles. The van der Waals surface area contributed by atoms with Gasteiger partial charge in [0.1, 0.15) is 11.9 Å². The lowest BCUT2D eigenvalue weighted by Gasteiger charge is -2.39. The van der Waals surface area contributed by atoms with Crippen molar-refractivity contribution in [2.75, 3.05) is 44.2 Å². The van der Waals surface area contributed by atoms with Gasteiger partial charge in [-0.3, -0.25) is 9.69 Å². The molecule has 2 aliphatic heterocycles. The van der Waals surface area contributed by atoms with Crippen molar-refractivity contribution in [3.05, 3.63) is 41.7 Å². The fourth-order valence-corrected chi connectivity index (χ4v) is 4.57. The molecule has 1 atom stereocenters. The highest BCUT2D eigenvalue weighted by molar-refractivity contribution is 7.09. The van der Waals surface area contributed by atoms with E-state index in [1.54, 1.807) is 0 Å². The van der Waals surface area contributed by atoms with Crippen LogP contribution in [0.2, 0.25) is 0 Å². The van der Waals surface area contributed by atoms with E-state index in [4.69, 9.17) is 0 Å². The molecule has 0 bridgehead atoms. The minimum Gasteiger partial charge on any atom is -0.344 e. The van der Waals surface area contributed by atoms with Gasteiger partial charge in [-0.1, -0.05) is 30.3 Å². The van der Waals surface area contributed by atoms with Crippen LogP contribution in [-0.4, -0.2) is 64.3 Å². The predicted octanol–water partition coefficient (Wildman–Crippen LogP) is 2.33. The number of nitrogens with zero attached hydrogens (tertiary/aromatic N) is 5. The molecule has 1 aromatic carbocycles. The maximum absolute atomic E-state index is 13.3. The highest BCUT2D eigenvalue weighted by Gasteiger charge is 2.34. The van der Waals surface area contributed by atoms with Crippen LogP contribution in [0.5, 0.6) is 0 Å². The van der Waals surface area contributed by atoms with E-state index in [-0.39, 0.29) is 11.9 Å². The van der Waals surface area contributed by atoms with Gasteiger partial charge < -0.3 is 9.80 Å². The number of likely N-dealkylation sites (tertiary alicyclic amines) is 1. The summed E-state index contributed by atoms with van der Waals surface area (Å²) in [6.07, 6.45) is 2.24. The molecule has 7 heteroatoms. The van der Waals surface area contributed by atoms with Crippen LogP contribution in [0.1, 0.15) is 30.3 Å². The van der Waals surface area contributed by atoms with Gasteiger partial charge in [-0.15, -0.1) is 0 Å². The molecule has 0 radical (unpaired) electrons. The third-order valence-electron chi connectivity index (χ3n) is 5.23. The number of amides is 1. The van der Waals surface area contributed by atoms with Crippen molar-refractivity contribution in [3.8, 4) is 0 Å². The maximum Gasteiger partial charge on any atom is 0.244 e. The third-order valence-corrected chi connectivity index (χ3v) is 6.10. The summed E-state index contributed by atoms with van der Waals surface area (Å²) in [5.41, 5.74) is 1.10. The lowest BCUT2D eigenvalue weighted by atomic mass is 10.0. The van der Waals surface area contributed by atoms with Crippen molar-refractivity contribution in [2.24, 2.45) is 0 Å². The average molecular weight is 372 g/mol. The molecule has 2 saturated heterocycles. The van der Waals surface area contributed by atoms with Crippen molar-refractivity contribution >= 4 is 22.6 Å². The van der Waals surface area contributed by atoms with E-state index >= 15 is 0 Å². The Morgan fingerprint density at radius 1 is 1.04 bits per heavy atom. The number of carbonyl (C=O) groups is 1. The molecule has 0 saturated carbocycles. The Morgan fingerprint density at radius 2 is 1.73 bits per heavy atom. The standard InChI is InChI=1S/C19H25N5OS/c1-15-20-19(26-21-15)24-13-11-22(12-14-24)17(16-7-3-2-4-8-16)18(25)23-9-5-6-10-23/h2-4,7-8,17H,5-6,9-14H2,1H3. The number of piperazine rings is 1. The number of carbonyl (C=O) groups excluding carboxylic acids is 1. The Hall–Kier alpha value is -1.99. The van der Waals surface area contributed by atoms with E-state index in [2.05, 4.69) is 31.3 Å². The topological polar surface area (TPSA) is 52.6 Å². The highest BCUT2D eigenvalue weighted by atomic mass is 32.1. The number of aryl methyl sites for hydroxylation is 1. The largest absolute Gasteiger partial charge is 0.344 e. The first-order chi connectivity index (χ1) is 12.7. The van der Waals surface area contributed by atoms with Crippen LogP contribution in [0.15, 0.2) is 30.3 Å². The van der Waals surface area contributed by atoms with Gasteiger partial charge in [0, 0.05) is 50.8 Å². The SMILES string of the molecule is Cc1nsc(N2CCN(C(C(=O)N3CCCC3)c3ccccc3)CC2)n1. The van der Waals surface area contributed by atoms with Gasteiger partial charge in [0.15, 0.2) is 0 Å². The third kappa shape index (κ3) is 3.59. The first kappa shape index (κ1) is 17.4. The summed E-state index contributed by atoms with van der Waals surface area (Å²) in [5, 5.41) is 0.990. The van der Waals surface area contributed by atoms with Crippen LogP contribution in [0.3, 0.4) is 0 Å². The van der Waals surface area contributed by atoms with Gasteiger partial charge >= 0.3 is 0 Å². The molecule has 0 N–H and O–H groups in total. The van der Waals surface area contributed by atoms with Crippen molar-refractivity contribution < 1.29 is 4.79 Å². The first-order valence-corrected chi connectivity index (χ1v) is 10.1. The number of benzene rings is 1. The van der Waals surface area contributed by atoms with Crippen LogP contribution in [-0.2, 0) is 4.79 Å². The zero-order chi connectivity index (χ0) is 17.9. The van der Waals surface area contributed by atoms with Crippen molar-refractivity contribution in [2.45, 2.75) is 25.8 Å². The second kappa shape index (κ2) is 7.72. The predicted molar refractivity (Wildman–Crippen MR) is 103 cm³/mol. The van der Waals surface area contributed by atoms with Gasteiger partial charge in [0.2, 0.25) is 11.0 Å². The lowest BCUT2D eigenvalue weighted by Crippen LogP contribution is -2.51. The molecule has 1 amide bonds. The second-order valence-electron chi connectivity index (χ2n) is 6.99. The van der Waals surface area contributed by atoms with Crippen molar-refractivity contribution in [1.82, 2.24) is 19.2 Å². The molecule has 0 aliphatic carbocycles. The number of aromatic nitrogens is 2. The summed E-state index contributed by atoms with van der Waals surface area (Å²) >= 11 is 1.46. The van der Waals surface area contributed by atoms with E-state index < -0.39 is 0 Å². The highest BCUT2D eigenvalue weighted by Crippen LogP contribution is 2.28. The molecular formula is C19H25N5OS. The van der Waals surface area contributed by atoms with Crippen molar-refractivity contribution in [1.29, 1.82) is 0 Å². The second-order valence-corrected chi connectivity index (χ2v) is 7.72. The van der Waals surface area contributed by atoms with Crippen LogP contribution < -0.4 is 4.90 Å². The minimum absolute atomic E-state index is 0.174. The summed E-state index contributed by atoms with van der Waals surface area (Å²) in [6, 6.07) is 10.1. The summed E-state index contributed by atoms with van der Waals surface area (Å²) in [4.78, 5) is 24.4. The zero-order valence-electron chi connectivity index (χ0n) is 15.2. The molecule has 6 nitrogen and oxygen atoms in total. The molecule has 2 fully saturated rings. The lowest BCUT2D eigenvalue weighted by molar-refractivity contribution is -0.136. The minimum atomic E-state index is -0.174. The molecule has 26 heavy (non-hydrogen) atoms. The fraction of sp³-hybridized carbons (Fsp3) is 0.526. The Balaban J connectivity index is 1.50. The maximum atomic E-state index is 13.3. The molecule has 0 spiro atoms. The number of rotatable bonds is 4. The monoisotopic (exact) mass is 371 g/mol. The van der Waals surface area contributed by atoms with E-state index in [1.807, 2.05) is 30.0 Å². The van der Waals surface area contributed by atoms with Crippen LogP contribution >= 0.6 is 11.5 Å². The molecule has 1 aromatic heterocycles. The summed E-state index contributed by atoms with van der Waals surface area (Å²) in [6.45, 7) is 7.20. The van der Waals surface area contributed by atoms with E-state index in [1.165, 1.54) is 11.5 Å².